The lowest BCUT2D eigenvalue weighted by Gasteiger charge is -2.38. The Morgan fingerprint density at radius 2 is 1.82 bits per heavy atom. The van der Waals surface area contributed by atoms with Gasteiger partial charge in [0.25, 0.3) is 0 Å². The summed E-state index contributed by atoms with van der Waals surface area (Å²) in [5.74, 6) is 0.00356. The number of carboxylic acid groups (broad SMARTS) is 1. The van der Waals surface area contributed by atoms with E-state index in [4.69, 9.17) is 30.9 Å². The van der Waals surface area contributed by atoms with Crippen LogP contribution in [0.3, 0.4) is 0 Å². The van der Waals surface area contributed by atoms with E-state index >= 15 is 0 Å². The van der Waals surface area contributed by atoms with E-state index < -0.39 is 12.2 Å². The summed E-state index contributed by atoms with van der Waals surface area (Å²) in [5.41, 5.74) is 3.03. The molecule has 0 unspecified atom stereocenters. The predicted molar refractivity (Wildman–Crippen MR) is 124 cm³/mol. The van der Waals surface area contributed by atoms with Gasteiger partial charge in [0.15, 0.2) is 11.5 Å². The molecule has 5 rings (SSSR count). The second-order valence-electron chi connectivity index (χ2n) is 7.70. The van der Waals surface area contributed by atoms with Crippen LogP contribution in [-0.4, -0.2) is 36.0 Å². The van der Waals surface area contributed by atoms with Crippen molar-refractivity contribution in [3.8, 4) is 17.2 Å². The fourth-order valence-electron chi connectivity index (χ4n) is 4.47. The Kier molecular flexibility index (Phi) is 5.34. The molecular weight excluding hydrogens is 444 g/mol. The largest absolute Gasteiger partial charge is 0.493 e. The van der Waals surface area contributed by atoms with Crippen molar-refractivity contribution in [2.45, 2.75) is 18.7 Å². The number of para-hydroxylation sites is 1. The summed E-state index contributed by atoms with van der Waals surface area (Å²) in [6, 6.07) is 18.5. The van der Waals surface area contributed by atoms with Crippen LogP contribution in [-0.2, 0) is 0 Å². The number of ether oxygens (including phenoxy) is 3. The Morgan fingerprint density at radius 1 is 1.06 bits per heavy atom. The van der Waals surface area contributed by atoms with Crippen LogP contribution in [0.2, 0.25) is 5.02 Å². The van der Waals surface area contributed by atoms with E-state index in [9.17, 15) is 9.90 Å². The molecule has 0 spiro atoms. The molecular formula is C25H21ClN2O5. The minimum absolute atomic E-state index is 0.0265. The van der Waals surface area contributed by atoms with Crippen molar-refractivity contribution in [2.75, 3.05) is 14.2 Å². The van der Waals surface area contributed by atoms with E-state index in [0.717, 1.165) is 16.8 Å². The predicted octanol–water partition coefficient (Wildman–Crippen LogP) is 5.30. The first-order valence-corrected chi connectivity index (χ1v) is 10.8. The summed E-state index contributed by atoms with van der Waals surface area (Å²) in [6.07, 6.45) is -0.174. The number of rotatable bonds is 5. The van der Waals surface area contributed by atoms with Crippen LogP contribution in [0.4, 0.5) is 0 Å². The highest BCUT2D eigenvalue weighted by Gasteiger charge is 2.43. The Bertz CT molecular complexity index is 1280. The molecule has 7 nitrogen and oxygen atoms in total. The van der Waals surface area contributed by atoms with Crippen molar-refractivity contribution in [2.24, 2.45) is 5.10 Å². The van der Waals surface area contributed by atoms with E-state index in [1.54, 1.807) is 12.1 Å². The van der Waals surface area contributed by atoms with Crippen molar-refractivity contribution in [1.29, 1.82) is 0 Å². The number of benzene rings is 3. The van der Waals surface area contributed by atoms with E-state index in [2.05, 4.69) is 0 Å². The van der Waals surface area contributed by atoms with Crippen LogP contribution in [0.5, 0.6) is 17.2 Å². The second kappa shape index (κ2) is 8.33. The minimum Gasteiger partial charge on any atom is -0.493 e. The maximum absolute atomic E-state index is 12.3. The molecule has 2 heterocycles. The molecule has 1 N–H and O–H groups in total. The van der Waals surface area contributed by atoms with E-state index in [-0.39, 0.29) is 17.4 Å². The van der Waals surface area contributed by atoms with Gasteiger partial charge in [-0.15, -0.1) is 0 Å². The Morgan fingerprint density at radius 3 is 2.55 bits per heavy atom. The number of hydrazone groups is 1. The lowest BCUT2D eigenvalue weighted by Crippen LogP contribution is -2.34. The third-order valence-electron chi connectivity index (χ3n) is 5.94. The molecule has 0 amide bonds. The van der Waals surface area contributed by atoms with Gasteiger partial charge in [0, 0.05) is 28.1 Å². The summed E-state index contributed by atoms with van der Waals surface area (Å²) in [4.78, 5) is 12.3. The van der Waals surface area contributed by atoms with Crippen LogP contribution in [0.1, 0.15) is 45.7 Å². The average Bonchev–Trinajstić information content (AvgIpc) is 3.28. The van der Waals surface area contributed by atoms with Crippen LogP contribution in [0.15, 0.2) is 65.8 Å². The Balaban J connectivity index is 1.68. The van der Waals surface area contributed by atoms with Crippen molar-refractivity contribution in [1.82, 2.24) is 5.01 Å². The van der Waals surface area contributed by atoms with Crippen molar-refractivity contribution in [3.05, 3.63) is 87.9 Å². The topological polar surface area (TPSA) is 80.6 Å². The van der Waals surface area contributed by atoms with Gasteiger partial charge < -0.3 is 19.3 Å². The molecule has 0 saturated heterocycles. The van der Waals surface area contributed by atoms with Gasteiger partial charge in [-0.2, -0.15) is 5.10 Å². The molecule has 168 valence electrons. The zero-order valence-electron chi connectivity index (χ0n) is 18.0. The van der Waals surface area contributed by atoms with Crippen LogP contribution < -0.4 is 14.2 Å². The van der Waals surface area contributed by atoms with Gasteiger partial charge in [0.1, 0.15) is 11.3 Å². The maximum atomic E-state index is 12.3. The van der Waals surface area contributed by atoms with Crippen LogP contribution >= 0.6 is 11.6 Å². The molecule has 0 fully saturated rings. The van der Waals surface area contributed by atoms with Crippen molar-refractivity contribution in [3.63, 3.8) is 0 Å². The molecule has 2 aliphatic heterocycles. The molecule has 0 bridgehead atoms. The van der Waals surface area contributed by atoms with Crippen molar-refractivity contribution >= 4 is 23.3 Å². The van der Waals surface area contributed by atoms with Gasteiger partial charge in [-0.05, 0) is 24.3 Å². The number of fused-ring (bicyclic) bond motifs is 3. The number of hydrogen-bond donors (Lipinski definition) is 1. The monoisotopic (exact) mass is 464 g/mol. The molecule has 3 aromatic carbocycles. The summed E-state index contributed by atoms with van der Waals surface area (Å²) >= 11 is 6.46. The summed E-state index contributed by atoms with van der Waals surface area (Å²) < 4.78 is 17.1. The lowest BCUT2D eigenvalue weighted by atomic mass is 9.95. The third kappa shape index (κ3) is 3.45. The SMILES string of the molecule is COc1ccc([C@@H]2Oc3ccccc3[C@H]3CC(c4ccccc4Cl)=NN32)c(C(=O)O)c1OC. The van der Waals surface area contributed by atoms with E-state index in [1.165, 1.54) is 14.2 Å². The zero-order chi connectivity index (χ0) is 23.1. The maximum Gasteiger partial charge on any atom is 0.340 e. The number of carbonyl (C=O) groups is 1. The molecule has 3 aromatic rings. The fraction of sp³-hybridized carbons (Fsp3) is 0.200. The quantitative estimate of drug-likeness (QED) is 0.552. The van der Waals surface area contributed by atoms with Gasteiger partial charge in [-0.1, -0.05) is 48.0 Å². The Hall–Kier alpha value is -3.71. The molecule has 0 aromatic heterocycles. The Labute approximate surface area is 195 Å². The number of carboxylic acids is 1. The number of nitrogens with zero attached hydrogens (tertiary/aromatic N) is 2. The molecule has 2 atom stereocenters. The highest BCUT2D eigenvalue weighted by atomic mass is 35.5. The first-order valence-electron chi connectivity index (χ1n) is 10.4. The smallest absolute Gasteiger partial charge is 0.340 e. The summed E-state index contributed by atoms with van der Waals surface area (Å²) in [6.45, 7) is 0. The molecule has 0 saturated carbocycles. The number of aromatic carboxylic acids is 1. The van der Waals surface area contributed by atoms with Crippen molar-refractivity contribution < 1.29 is 24.1 Å². The zero-order valence-corrected chi connectivity index (χ0v) is 18.7. The standard InChI is InChI=1S/C25H21ClN2O5/c1-31-21-12-11-16(22(25(29)30)23(21)32-2)24-28-19(15-8-4-6-10-20(15)33-24)13-18(27-28)14-7-3-5-9-17(14)26/h3-12,19,24H,13H2,1-2H3,(H,29,30)/t19-,24+/m1/s1. The van der Waals surface area contributed by atoms with Gasteiger partial charge in [-0.3, -0.25) is 0 Å². The molecule has 0 radical (unpaired) electrons. The first-order chi connectivity index (χ1) is 16.0. The molecule has 0 aliphatic carbocycles. The average molecular weight is 465 g/mol. The van der Waals surface area contributed by atoms with Gasteiger partial charge in [0.05, 0.1) is 26.0 Å². The molecule has 8 heteroatoms. The molecule has 2 aliphatic rings. The van der Waals surface area contributed by atoms with Crippen LogP contribution in [0, 0.1) is 0 Å². The first kappa shape index (κ1) is 21.2. The van der Waals surface area contributed by atoms with E-state index in [0.29, 0.717) is 28.5 Å². The van der Waals surface area contributed by atoms with E-state index in [1.807, 2.05) is 53.5 Å². The number of halogens is 1. The van der Waals surface area contributed by atoms with Gasteiger partial charge >= 0.3 is 5.97 Å². The van der Waals surface area contributed by atoms with Gasteiger partial charge in [-0.25, -0.2) is 9.80 Å². The van der Waals surface area contributed by atoms with Gasteiger partial charge in [0.2, 0.25) is 6.23 Å². The second-order valence-corrected chi connectivity index (χ2v) is 8.11. The fourth-order valence-corrected chi connectivity index (χ4v) is 4.71. The minimum atomic E-state index is -1.14. The number of methoxy groups -OCH3 is 2. The lowest BCUT2D eigenvalue weighted by molar-refractivity contribution is -0.0199. The third-order valence-corrected chi connectivity index (χ3v) is 6.27. The summed E-state index contributed by atoms with van der Waals surface area (Å²) in [5, 5.41) is 17.4. The number of hydrogen-bond acceptors (Lipinski definition) is 6. The normalized spacial score (nSPS) is 18.6. The van der Waals surface area contributed by atoms with Crippen LogP contribution in [0.25, 0.3) is 0 Å². The highest BCUT2D eigenvalue weighted by molar-refractivity contribution is 6.34. The highest BCUT2D eigenvalue weighted by Crippen LogP contribution is 2.49. The molecule has 33 heavy (non-hydrogen) atoms. The summed E-state index contributed by atoms with van der Waals surface area (Å²) in [7, 11) is 2.88.